The normalized spacial score (nSPS) is 18.1. The fourth-order valence-electron chi connectivity index (χ4n) is 3.03. The van der Waals surface area contributed by atoms with Crippen LogP contribution in [0.1, 0.15) is 23.0 Å². The number of hydrogen-bond acceptors (Lipinski definition) is 5. The van der Waals surface area contributed by atoms with Crippen molar-refractivity contribution in [2.45, 2.75) is 19.9 Å². The first-order valence-corrected chi connectivity index (χ1v) is 8.73. The summed E-state index contributed by atoms with van der Waals surface area (Å²) in [4.78, 5) is 21.3. The highest BCUT2D eigenvalue weighted by Crippen LogP contribution is 2.24. The van der Waals surface area contributed by atoms with E-state index in [4.69, 9.17) is 0 Å². The summed E-state index contributed by atoms with van der Waals surface area (Å²) in [6.07, 6.45) is 0. The summed E-state index contributed by atoms with van der Waals surface area (Å²) < 4.78 is 0. The van der Waals surface area contributed by atoms with E-state index in [0.29, 0.717) is 5.69 Å². The van der Waals surface area contributed by atoms with Gasteiger partial charge in [-0.05, 0) is 25.5 Å². The van der Waals surface area contributed by atoms with Crippen LogP contribution < -0.4 is 10.2 Å². The molecule has 1 fully saturated rings. The van der Waals surface area contributed by atoms with E-state index in [1.54, 1.807) is 0 Å². The van der Waals surface area contributed by atoms with Crippen molar-refractivity contribution in [1.29, 1.82) is 0 Å². The maximum atomic E-state index is 12.7. The minimum atomic E-state index is 0.0275. The highest BCUT2D eigenvalue weighted by molar-refractivity contribution is 7.13. The Bertz CT molecular complexity index is 699. The van der Waals surface area contributed by atoms with E-state index in [-0.39, 0.29) is 11.9 Å². The number of nitrogens with one attached hydrogen (secondary N) is 1. The van der Waals surface area contributed by atoms with Crippen LogP contribution in [0.5, 0.6) is 0 Å². The molecule has 1 aromatic carbocycles. The number of piperazine rings is 1. The third-order valence-corrected chi connectivity index (χ3v) is 5.14. The first kappa shape index (κ1) is 15.8. The number of nitrogens with zero attached hydrogens (tertiary/aromatic N) is 3. The smallest absolute Gasteiger partial charge is 0.273 e. The summed E-state index contributed by atoms with van der Waals surface area (Å²) >= 11 is 1.46. The quantitative estimate of drug-likeness (QED) is 0.940. The lowest BCUT2D eigenvalue weighted by molar-refractivity contribution is 0.0669. The van der Waals surface area contributed by atoms with E-state index in [1.807, 2.05) is 17.3 Å². The molecule has 1 aliphatic heterocycles. The van der Waals surface area contributed by atoms with Crippen LogP contribution in [-0.2, 0) is 0 Å². The predicted molar refractivity (Wildman–Crippen MR) is 95.6 cm³/mol. The second-order valence-corrected chi connectivity index (χ2v) is 6.73. The molecule has 122 valence electrons. The van der Waals surface area contributed by atoms with E-state index in [9.17, 15) is 4.79 Å². The van der Waals surface area contributed by atoms with Crippen LogP contribution in [0.3, 0.4) is 0 Å². The Hall–Kier alpha value is -2.08. The molecule has 2 heterocycles. The molecule has 1 saturated heterocycles. The lowest BCUT2D eigenvalue weighted by Crippen LogP contribution is -2.54. The highest BCUT2D eigenvalue weighted by Gasteiger charge is 2.29. The molecule has 1 aliphatic rings. The second-order valence-electron chi connectivity index (χ2n) is 5.87. The van der Waals surface area contributed by atoms with Crippen molar-refractivity contribution in [3.05, 3.63) is 40.9 Å². The van der Waals surface area contributed by atoms with Crippen molar-refractivity contribution in [2.75, 3.05) is 36.9 Å². The van der Waals surface area contributed by atoms with Gasteiger partial charge in [-0.1, -0.05) is 18.2 Å². The number of aromatic nitrogens is 1. The molecule has 3 rings (SSSR count). The summed E-state index contributed by atoms with van der Waals surface area (Å²) in [5, 5.41) is 5.58. The van der Waals surface area contributed by atoms with Crippen molar-refractivity contribution in [2.24, 2.45) is 0 Å². The molecule has 0 bridgehead atoms. The van der Waals surface area contributed by atoms with Crippen LogP contribution in [0.25, 0.3) is 0 Å². The summed E-state index contributed by atoms with van der Waals surface area (Å²) in [6, 6.07) is 8.57. The summed E-state index contributed by atoms with van der Waals surface area (Å²) in [6.45, 7) is 6.66. The first-order chi connectivity index (χ1) is 11.1. The van der Waals surface area contributed by atoms with Crippen LogP contribution in [0.4, 0.5) is 10.8 Å². The number of hydrogen-bond donors (Lipinski definition) is 1. The minimum Gasteiger partial charge on any atom is -0.367 e. The third-order valence-electron chi connectivity index (χ3n) is 4.28. The number of carbonyl (C=O) groups is 1. The number of amides is 1. The highest BCUT2D eigenvalue weighted by atomic mass is 32.1. The standard InChI is InChI=1S/C17H22N4OS/c1-12-6-4-5-7-15(12)20-8-9-21(13(2)10-20)16(22)14-11-23-17(18-3)19-14/h4-7,11,13H,8-10H2,1-3H3,(H,18,19)/t13-/m0/s1. The van der Waals surface area contributed by atoms with E-state index in [1.165, 1.54) is 22.6 Å². The number of aryl methyl sites for hydroxylation is 1. The van der Waals surface area contributed by atoms with Gasteiger partial charge in [0.15, 0.2) is 5.13 Å². The molecule has 23 heavy (non-hydrogen) atoms. The molecule has 1 N–H and O–H groups in total. The number of para-hydroxylation sites is 1. The van der Waals surface area contributed by atoms with E-state index < -0.39 is 0 Å². The molecule has 1 amide bonds. The molecule has 1 atom stereocenters. The van der Waals surface area contributed by atoms with E-state index >= 15 is 0 Å². The molecule has 1 aromatic heterocycles. The Morgan fingerprint density at radius 1 is 1.35 bits per heavy atom. The van der Waals surface area contributed by atoms with Gasteiger partial charge >= 0.3 is 0 Å². The van der Waals surface area contributed by atoms with Gasteiger partial charge in [0, 0.05) is 43.8 Å². The first-order valence-electron chi connectivity index (χ1n) is 7.85. The summed E-state index contributed by atoms with van der Waals surface area (Å²) in [5.41, 5.74) is 3.07. The van der Waals surface area contributed by atoms with Gasteiger partial charge in [-0.25, -0.2) is 4.98 Å². The molecule has 0 spiro atoms. The minimum absolute atomic E-state index is 0.0275. The topological polar surface area (TPSA) is 48.5 Å². The molecular weight excluding hydrogens is 308 g/mol. The number of rotatable bonds is 3. The number of anilines is 2. The maximum absolute atomic E-state index is 12.7. The van der Waals surface area contributed by atoms with Gasteiger partial charge in [0.05, 0.1) is 0 Å². The SMILES string of the molecule is CNc1nc(C(=O)N2CCN(c3ccccc3C)C[C@@H]2C)cs1. The molecule has 0 saturated carbocycles. The van der Waals surface area contributed by atoms with Gasteiger partial charge in [0.2, 0.25) is 0 Å². The Morgan fingerprint density at radius 3 is 2.78 bits per heavy atom. The molecule has 0 radical (unpaired) electrons. The molecule has 5 nitrogen and oxygen atoms in total. The zero-order valence-electron chi connectivity index (χ0n) is 13.7. The van der Waals surface area contributed by atoms with Crippen LogP contribution in [0.2, 0.25) is 0 Å². The largest absolute Gasteiger partial charge is 0.367 e. The average molecular weight is 330 g/mol. The van der Waals surface area contributed by atoms with Gasteiger partial charge in [0.1, 0.15) is 5.69 Å². The molecule has 0 unspecified atom stereocenters. The van der Waals surface area contributed by atoms with Crippen molar-refractivity contribution in [1.82, 2.24) is 9.88 Å². The number of thiazole rings is 1. The number of benzene rings is 1. The summed E-state index contributed by atoms with van der Waals surface area (Å²) in [7, 11) is 1.82. The van der Waals surface area contributed by atoms with Crippen molar-refractivity contribution in [3.8, 4) is 0 Å². The van der Waals surface area contributed by atoms with Crippen molar-refractivity contribution < 1.29 is 4.79 Å². The fraction of sp³-hybridized carbons (Fsp3) is 0.412. The van der Waals surface area contributed by atoms with Gasteiger partial charge in [0.25, 0.3) is 5.91 Å². The fourth-order valence-corrected chi connectivity index (χ4v) is 3.68. The van der Waals surface area contributed by atoms with Crippen LogP contribution in [-0.4, -0.2) is 48.5 Å². The van der Waals surface area contributed by atoms with Gasteiger partial charge in [-0.3, -0.25) is 4.79 Å². The van der Waals surface area contributed by atoms with Crippen LogP contribution in [0, 0.1) is 6.92 Å². The predicted octanol–water partition coefficient (Wildman–Crippen LogP) is 2.84. The Labute approximate surface area is 140 Å². The zero-order valence-corrected chi connectivity index (χ0v) is 14.6. The Morgan fingerprint density at radius 2 is 2.13 bits per heavy atom. The van der Waals surface area contributed by atoms with Gasteiger partial charge < -0.3 is 15.1 Å². The molecular formula is C17H22N4OS. The van der Waals surface area contributed by atoms with Crippen molar-refractivity contribution in [3.63, 3.8) is 0 Å². The zero-order chi connectivity index (χ0) is 16.4. The molecule has 0 aliphatic carbocycles. The van der Waals surface area contributed by atoms with Crippen molar-refractivity contribution >= 4 is 28.1 Å². The third kappa shape index (κ3) is 3.17. The average Bonchev–Trinajstić information content (AvgIpc) is 3.04. The lowest BCUT2D eigenvalue weighted by atomic mass is 10.1. The van der Waals surface area contributed by atoms with Gasteiger partial charge in [-0.15, -0.1) is 11.3 Å². The Kier molecular flexibility index (Phi) is 4.52. The maximum Gasteiger partial charge on any atom is 0.273 e. The molecule has 6 heteroatoms. The summed E-state index contributed by atoms with van der Waals surface area (Å²) in [5.74, 6) is 0.0275. The molecule has 2 aromatic rings. The monoisotopic (exact) mass is 330 g/mol. The lowest BCUT2D eigenvalue weighted by Gasteiger charge is -2.41. The second kappa shape index (κ2) is 6.58. The Balaban J connectivity index is 1.71. The van der Waals surface area contributed by atoms with E-state index in [2.05, 4.69) is 53.3 Å². The van der Waals surface area contributed by atoms with Gasteiger partial charge in [-0.2, -0.15) is 0 Å². The van der Waals surface area contributed by atoms with E-state index in [0.717, 1.165) is 24.8 Å². The number of carbonyl (C=O) groups excluding carboxylic acids is 1. The van der Waals surface area contributed by atoms with Crippen LogP contribution >= 0.6 is 11.3 Å². The van der Waals surface area contributed by atoms with Crippen LogP contribution in [0.15, 0.2) is 29.6 Å².